The number of fused-ring (bicyclic) bond motifs is 2. The van der Waals surface area contributed by atoms with Crippen molar-refractivity contribution in [2.45, 2.75) is 19.6 Å². The summed E-state index contributed by atoms with van der Waals surface area (Å²) in [5, 5.41) is 2.64. The van der Waals surface area contributed by atoms with Crippen molar-refractivity contribution in [3.8, 4) is 11.5 Å². The lowest BCUT2D eigenvalue weighted by molar-refractivity contribution is 0.276. The third-order valence-corrected chi connectivity index (χ3v) is 4.77. The summed E-state index contributed by atoms with van der Waals surface area (Å²) in [4.78, 5) is 2.46. The predicted octanol–water partition coefficient (Wildman–Crippen LogP) is 4.37. The first-order valence-corrected chi connectivity index (χ1v) is 8.21. The van der Waals surface area contributed by atoms with E-state index >= 15 is 0 Å². The molecule has 0 bridgehead atoms. The Hall–Kier alpha value is -2.52. The molecule has 0 amide bonds. The van der Waals surface area contributed by atoms with Gasteiger partial charge in [-0.3, -0.25) is 4.90 Å². The second kappa shape index (κ2) is 6.17. The highest BCUT2D eigenvalue weighted by Crippen LogP contribution is 2.35. The zero-order valence-corrected chi connectivity index (χ0v) is 14.1. The maximum absolute atomic E-state index is 5.43. The van der Waals surface area contributed by atoms with E-state index in [-0.39, 0.29) is 0 Å². The van der Waals surface area contributed by atoms with E-state index in [2.05, 4.69) is 59.5 Å². The number of hydrogen-bond donors (Lipinski definition) is 0. The Kier molecular flexibility index (Phi) is 3.87. The summed E-state index contributed by atoms with van der Waals surface area (Å²) in [5.41, 5.74) is 4.03. The normalized spacial score (nSPS) is 13.9. The molecule has 0 aliphatic carbocycles. The fourth-order valence-corrected chi connectivity index (χ4v) is 3.58. The number of nitrogens with zero attached hydrogens (tertiary/aromatic N) is 1. The van der Waals surface area contributed by atoms with Gasteiger partial charge >= 0.3 is 0 Å². The van der Waals surface area contributed by atoms with Crippen LogP contribution in [0.25, 0.3) is 10.8 Å². The molecule has 1 heterocycles. The van der Waals surface area contributed by atoms with Gasteiger partial charge in [0, 0.05) is 19.6 Å². The van der Waals surface area contributed by atoms with Crippen molar-refractivity contribution >= 4 is 10.8 Å². The lowest BCUT2D eigenvalue weighted by atomic mass is 10.0. The third-order valence-electron chi connectivity index (χ3n) is 4.77. The van der Waals surface area contributed by atoms with Crippen LogP contribution in [0, 0.1) is 0 Å². The van der Waals surface area contributed by atoms with Crippen LogP contribution in [0.15, 0.2) is 54.6 Å². The first-order valence-electron chi connectivity index (χ1n) is 8.21. The van der Waals surface area contributed by atoms with Gasteiger partial charge in [0.05, 0.1) is 14.2 Å². The van der Waals surface area contributed by atoms with Crippen LogP contribution < -0.4 is 9.47 Å². The van der Waals surface area contributed by atoms with Crippen LogP contribution in [0.2, 0.25) is 0 Å². The van der Waals surface area contributed by atoms with Crippen molar-refractivity contribution < 1.29 is 9.47 Å². The Balaban J connectivity index is 1.61. The zero-order chi connectivity index (χ0) is 16.5. The molecular formula is C21H21NO2. The maximum atomic E-state index is 5.43. The van der Waals surface area contributed by atoms with Gasteiger partial charge in [-0.15, -0.1) is 0 Å². The molecule has 122 valence electrons. The van der Waals surface area contributed by atoms with Crippen LogP contribution in [-0.4, -0.2) is 19.1 Å². The van der Waals surface area contributed by atoms with Gasteiger partial charge < -0.3 is 9.47 Å². The molecule has 0 fully saturated rings. The summed E-state index contributed by atoms with van der Waals surface area (Å²) in [6, 6.07) is 19.4. The van der Waals surface area contributed by atoms with Gasteiger partial charge in [-0.25, -0.2) is 0 Å². The van der Waals surface area contributed by atoms with Gasteiger partial charge in [-0.2, -0.15) is 0 Å². The van der Waals surface area contributed by atoms with Crippen LogP contribution in [-0.2, 0) is 19.6 Å². The third kappa shape index (κ3) is 2.61. The van der Waals surface area contributed by atoms with E-state index in [0.717, 1.165) is 31.1 Å². The van der Waals surface area contributed by atoms with Crippen molar-refractivity contribution in [1.29, 1.82) is 0 Å². The van der Waals surface area contributed by atoms with Crippen molar-refractivity contribution in [2.24, 2.45) is 0 Å². The highest BCUT2D eigenvalue weighted by atomic mass is 16.5. The summed E-state index contributed by atoms with van der Waals surface area (Å²) in [6.45, 7) is 2.83. The summed E-state index contributed by atoms with van der Waals surface area (Å²) in [7, 11) is 3.38. The number of benzene rings is 3. The first kappa shape index (κ1) is 15.0. The van der Waals surface area contributed by atoms with E-state index in [4.69, 9.17) is 9.47 Å². The van der Waals surface area contributed by atoms with Gasteiger partial charge in [0.25, 0.3) is 0 Å². The molecule has 0 saturated carbocycles. The van der Waals surface area contributed by atoms with E-state index < -0.39 is 0 Å². The molecule has 1 aliphatic rings. The average molecular weight is 319 g/mol. The topological polar surface area (TPSA) is 21.7 Å². The van der Waals surface area contributed by atoms with Crippen molar-refractivity contribution in [3.63, 3.8) is 0 Å². The van der Waals surface area contributed by atoms with Crippen LogP contribution >= 0.6 is 0 Å². The van der Waals surface area contributed by atoms with Crippen LogP contribution in [0.3, 0.4) is 0 Å². The second-order valence-electron chi connectivity index (χ2n) is 6.26. The Morgan fingerprint density at radius 1 is 0.833 bits per heavy atom. The minimum atomic E-state index is 0.809. The average Bonchev–Trinajstić information content (AvgIpc) is 3.02. The van der Waals surface area contributed by atoms with Crippen molar-refractivity contribution in [1.82, 2.24) is 4.90 Å². The molecule has 0 unspecified atom stereocenters. The van der Waals surface area contributed by atoms with Gasteiger partial charge in [0.15, 0.2) is 11.5 Å². The summed E-state index contributed by atoms with van der Waals surface area (Å²) < 4.78 is 10.9. The molecule has 24 heavy (non-hydrogen) atoms. The molecule has 3 heteroatoms. The molecule has 0 spiro atoms. The molecule has 3 aromatic rings. The molecule has 0 aromatic heterocycles. The highest BCUT2D eigenvalue weighted by Gasteiger charge is 2.22. The number of hydrogen-bond acceptors (Lipinski definition) is 3. The zero-order valence-electron chi connectivity index (χ0n) is 14.1. The monoisotopic (exact) mass is 319 g/mol. The van der Waals surface area contributed by atoms with Crippen LogP contribution in [0.4, 0.5) is 0 Å². The molecule has 3 nitrogen and oxygen atoms in total. The SMILES string of the molecule is COc1cc2c(cc1OC)CN(Cc1cccc3ccccc13)C2. The molecule has 0 saturated heterocycles. The number of methoxy groups -OCH3 is 2. The van der Waals surface area contributed by atoms with E-state index in [1.807, 2.05) is 0 Å². The quantitative estimate of drug-likeness (QED) is 0.712. The second-order valence-corrected chi connectivity index (χ2v) is 6.26. The summed E-state index contributed by atoms with van der Waals surface area (Å²) in [5.74, 6) is 1.62. The fourth-order valence-electron chi connectivity index (χ4n) is 3.58. The fraction of sp³-hybridized carbons (Fsp3) is 0.238. The molecule has 1 aliphatic heterocycles. The van der Waals surface area contributed by atoms with E-state index in [0.29, 0.717) is 0 Å². The van der Waals surface area contributed by atoms with Crippen molar-refractivity contribution in [2.75, 3.05) is 14.2 Å². The van der Waals surface area contributed by atoms with Crippen LogP contribution in [0.5, 0.6) is 11.5 Å². The summed E-state index contributed by atoms with van der Waals surface area (Å²) in [6.07, 6.45) is 0. The summed E-state index contributed by atoms with van der Waals surface area (Å²) >= 11 is 0. The van der Waals surface area contributed by atoms with E-state index in [1.165, 1.54) is 27.5 Å². The highest BCUT2D eigenvalue weighted by molar-refractivity contribution is 5.85. The Labute approximate surface area is 142 Å². The minimum absolute atomic E-state index is 0.809. The van der Waals surface area contributed by atoms with Gasteiger partial charge in [0.2, 0.25) is 0 Å². The van der Waals surface area contributed by atoms with Crippen molar-refractivity contribution in [3.05, 3.63) is 71.3 Å². The van der Waals surface area contributed by atoms with Crippen LogP contribution in [0.1, 0.15) is 16.7 Å². The Morgan fingerprint density at radius 3 is 2.12 bits per heavy atom. The molecular weight excluding hydrogens is 298 g/mol. The molecule has 0 atom stereocenters. The van der Waals surface area contributed by atoms with Gasteiger partial charge in [-0.05, 0) is 39.6 Å². The molecule has 3 aromatic carbocycles. The Bertz CT molecular complexity index is 850. The number of rotatable bonds is 4. The molecule has 0 N–H and O–H groups in total. The molecule has 4 rings (SSSR count). The van der Waals surface area contributed by atoms with E-state index in [1.54, 1.807) is 14.2 Å². The maximum Gasteiger partial charge on any atom is 0.161 e. The lowest BCUT2D eigenvalue weighted by Crippen LogP contribution is -2.15. The van der Waals surface area contributed by atoms with Gasteiger partial charge in [0.1, 0.15) is 0 Å². The van der Waals surface area contributed by atoms with Gasteiger partial charge in [-0.1, -0.05) is 42.5 Å². The standard InChI is InChI=1S/C21H21NO2/c1-23-20-10-17-13-22(14-18(17)11-21(20)24-2)12-16-8-5-7-15-6-3-4-9-19(15)16/h3-11H,12-14H2,1-2H3. The van der Waals surface area contributed by atoms with E-state index in [9.17, 15) is 0 Å². The largest absolute Gasteiger partial charge is 0.493 e. The predicted molar refractivity (Wildman–Crippen MR) is 96.4 cm³/mol. The first-order chi connectivity index (χ1) is 11.8. The molecule has 0 radical (unpaired) electrons. The Morgan fingerprint density at radius 2 is 1.46 bits per heavy atom. The minimum Gasteiger partial charge on any atom is -0.493 e. The number of ether oxygens (including phenoxy) is 2. The smallest absolute Gasteiger partial charge is 0.161 e. The lowest BCUT2D eigenvalue weighted by Gasteiger charge is -2.16.